The summed E-state index contributed by atoms with van der Waals surface area (Å²) in [6.07, 6.45) is 1.78. The summed E-state index contributed by atoms with van der Waals surface area (Å²) >= 11 is 4.14. The van der Waals surface area contributed by atoms with Crippen LogP contribution in [0.4, 0.5) is 0 Å². The van der Waals surface area contributed by atoms with Crippen LogP contribution >= 0.6 is 12.6 Å². The van der Waals surface area contributed by atoms with Gasteiger partial charge in [-0.05, 0) is 29.8 Å². The van der Waals surface area contributed by atoms with Crippen molar-refractivity contribution in [3.8, 4) is 5.75 Å². The molecule has 0 bridgehead atoms. The number of nitrogens with zero attached hydrogens (tertiary/aromatic N) is 1. The number of benzene rings is 1. The minimum Gasteiger partial charge on any atom is -0.489 e. The number of fused-ring (bicyclic) bond motifs is 1. The maximum Gasteiger partial charge on any atom is 0.129 e. The fourth-order valence-corrected chi connectivity index (χ4v) is 1.52. The Balaban J connectivity index is 2.27. The van der Waals surface area contributed by atoms with E-state index >= 15 is 0 Å². The lowest BCUT2D eigenvalue weighted by atomic mass is 10.2. The van der Waals surface area contributed by atoms with Gasteiger partial charge in [-0.15, -0.1) is 0 Å². The third-order valence-electron chi connectivity index (χ3n) is 2.26. The first-order chi connectivity index (χ1) is 7.81. The molecular formula is C13H13NOS. The maximum absolute atomic E-state index is 5.68. The highest BCUT2D eigenvalue weighted by molar-refractivity contribution is 7.80. The molecule has 1 aromatic heterocycles. The van der Waals surface area contributed by atoms with Gasteiger partial charge in [0.1, 0.15) is 12.4 Å². The highest BCUT2D eigenvalue weighted by Gasteiger charge is 2.02. The molecule has 1 heterocycles. The Bertz CT molecular complexity index is 505. The summed E-state index contributed by atoms with van der Waals surface area (Å²) in [6.45, 7) is 4.35. The van der Waals surface area contributed by atoms with E-state index in [4.69, 9.17) is 4.74 Å². The molecule has 0 amide bonds. The number of ether oxygens (including phenoxy) is 1. The van der Waals surface area contributed by atoms with E-state index in [9.17, 15) is 0 Å². The number of thiol groups is 1. The first-order valence-corrected chi connectivity index (χ1v) is 5.68. The quantitative estimate of drug-likeness (QED) is 0.645. The standard InChI is InChI=1S/C13H13NOS/c1-10(9-16)8-15-13-6-2-5-12-11(13)4-3-7-14-12/h2-7,16H,1,8-9H2. The average Bonchev–Trinajstić information content (AvgIpc) is 2.35. The molecule has 0 unspecified atom stereocenters. The van der Waals surface area contributed by atoms with Gasteiger partial charge >= 0.3 is 0 Å². The lowest BCUT2D eigenvalue weighted by Crippen LogP contribution is -2.01. The van der Waals surface area contributed by atoms with Gasteiger partial charge in [-0.25, -0.2) is 0 Å². The number of hydrogen-bond acceptors (Lipinski definition) is 3. The summed E-state index contributed by atoms with van der Waals surface area (Å²) in [4.78, 5) is 4.27. The van der Waals surface area contributed by atoms with Crippen LogP contribution in [0.15, 0.2) is 48.7 Å². The highest BCUT2D eigenvalue weighted by Crippen LogP contribution is 2.23. The summed E-state index contributed by atoms with van der Waals surface area (Å²) in [7, 11) is 0. The largest absolute Gasteiger partial charge is 0.489 e. The Morgan fingerprint density at radius 1 is 1.31 bits per heavy atom. The molecule has 0 aliphatic heterocycles. The van der Waals surface area contributed by atoms with Crippen molar-refractivity contribution in [2.24, 2.45) is 0 Å². The van der Waals surface area contributed by atoms with Crippen molar-refractivity contribution in [2.75, 3.05) is 12.4 Å². The van der Waals surface area contributed by atoms with Crippen molar-refractivity contribution in [3.05, 3.63) is 48.7 Å². The van der Waals surface area contributed by atoms with Gasteiger partial charge in [0.2, 0.25) is 0 Å². The summed E-state index contributed by atoms with van der Waals surface area (Å²) in [6, 6.07) is 9.75. The molecule has 0 saturated carbocycles. The third-order valence-corrected chi connectivity index (χ3v) is 2.71. The monoisotopic (exact) mass is 231 g/mol. The zero-order valence-electron chi connectivity index (χ0n) is 8.89. The number of pyridine rings is 1. The van der Waals surface area contributed by atoms with Crippen molar-refractivity contribution < 1.29 is 4.74 Å². The van der Waals surface area contributed by atoms with Crippen molar-refractivity contribution in [2.45, 2.75) is 0 Å². The number of aromatic nitrogens is 1. The second-order valence-electron chi connectivity index (χ2n) is 3.52. The third kappa shape index (κ3) is 2.36. The van der Waals surface area contributed by atoms with Crippen LogP contribution in [0.1, 0.15) is 0 Å². The molecule has 2 nitrogen and oxygen atoms in total. The normalized spacial score (nSPS) is 10.3. The maximum atomic E-state index is 5.68. The molecule has 0 fully saturated rings. The molecule has 0 N–H and O–H groups in total. The van der Waals surface area contributed by atoms with Gasteiger partial charge in [-0.1, -0.05) is 12.6 Å². The Labute approximate surface area is 100 Å². The van der Waals surface area contributed by atoms with Crippen LogP contribution in [0.3, 0.4) is 0 Å². The van der Waals surface area contributed by atoms with Gasteiger partial charge in [0.05, 0.1) is 5.52 Å². The zero-order valence-corrected chi connectivity index (χ0v) is 9.78. The lowest BCUT2D eigenvalue weighted by molar-refractivity contribution is 0.357. The molecule has 3 heteroatoms. The van der Waals surface area contributed by atoms with E-state index < -0.39 is 0 Å². The molecule has 0 aliphatic carbocycles. The topological polar surface area (TPSA) is 22.1 Å². The summed E-state index contributed by atoms with van der Waals surface area (Å²) in [5.74, 6) is 1.48. The summed E-state index contributed by atoms with van der Waals surface area (Å²) < 4.78 is 5.68. The average molecular weight is 231 g/mol. The second kappa shape index (κ2) is 5.03. The number of rotatable bonds is 4. The molecular weight excluding hydrogens is 218 g/mol. The highest BCUT2D eigenvalue weighted by atomic mass is 32.1. The summed E-state index contributed by atoms with van der Waals surface area (Å²) in [5, 5.41) is 1.02. The molecule has 1 aromatic carbocycles. The Kier molecular flexibility index (Phi) is 3.47. The minimum absolute atomic E-state index is 0.498. The van der Waals surface area contributed by atoms with Gasteiger partial charge < -0.3 is 4.74 Å². The van der Waals surface area contributed by atoms with Crippen LogP contribution in [-0.4, -0.2) is 17.3 Å². The molecule has 16 heavy (non-hydrogen) atoms. The fraction of sp³-hybridized carbons (Fsp3) is 0.154. The van der Waals surface area contributed by atoms with Crippen LogP contribution in [0, 0.1) is 0 Å². The van der Waals surface area contributed by atoms with Gasteiger partial charge in [0.25, 0.3) is 0 Å². The van der Waals surface area contributed by atoms with Crippen LogP contribution in [-0.2, 0) is 0 Å². The van der Waals surface area contributed by atoms with Crippen LogP contribution in [0.5, 0.6) is 5.75 Å². The van der Waals surface area contributed by atoms with E-state index in [1.165, 1.54) is 0 Å². The van der Waals surface area contributed by atoms with Crippen molar-refractivity contribution in [1.29, 1.82) is 0 Å². The molecule has 0 aliphatic rings. The fourth-order valence-electron chi connectivity index (χ4n) is 1.43. The first kappa shape index (κ1) is 11.0. The predicted octanol–water partition coefficient (Wildman–Crippen LogP) is 3.10. The van der Waals surface area contributed by atoms with E-state index in [1.54, 1.807) is 6.20 Å². The van der Waals surface area contributed by atoms with E-state index in [2.05, 4.69) is 24.2 Å². The molecule has 82 valence electrons. The zero-order chi connectivity index (χ0) is 11.4. The van der Waals surface area contributed by atoms with Crippen molar-refractivity contribution >= 4 is 23.5 Å². The Morgan fingerprint density at radius 3 is 3.00 bits per heavy atom. The Morgan fingerprint density at radius 2 is 2.19 bits per heavy atom. The van der Waals surface area contributed by atoms with Crippen molar-refractivity contribution in [1.82, 2.24) is 4.98 Å². The summed E-state index contributed by atoms with van der Waals surface area (Å²) in [5.41, 5.74) is 1.90. The van der Waals surface area contributed by atoms with E-state index in [0.29, 0.717) is 12.4 Å². The minimum atomic E-state index is 0.498. The first-order valence-electron chi connectivity index (χ1n) is 5.05. The van der Waals surface area contributed by atoms with Crippen LogP contribution < -0.4 is 4.74 Å². The molecule has 0 radical (unpaired) electrons. The molecule has 0 atom stereocenters. The van der Waals surface area contributed by atoms with Crippen LogP contribution in [0.2, 0.25) is 0 Å². The number of hydrogen-bond donors (Lipinski definition) is 1. The van der Waals surface area contributed by atoms with E-state index in [0.717, 1.165) is 22.2 Å². The SMILES string of the molecule is C=C(CS)COc1cccc2ncccc12. The molecule has 2 rings (SSSR count). The predicted molar refractivity (Wildman–Crippen MR) is 70.2 cm³/mol. The molecule has 0 saturated heterocycles. The second-order valence-corrected chi connectivity index (χ2v) is 3.84. The Hall–Kier alpha value is -1.48. The molecule has 0 spiro atoms. The van der Waals surface area contributed by atoms with E-state index in [1.807, 2.05) is 30.3 Å². The lowest BCUT2D eigenvalue weighted by Gasteiger charge is -2.09. The van der Waals surface area contributed by atoms with Gasteiger partial charge in [0.15, 0.2) is 0 Å². The van der Waals surface area contributed by atoms with Gasteiger partial charge in [-0.3, -0.25) is 4.98 Å². The van der Waals surface area contributed by atoms with Gasteiger partial charge in [0, 0.05) is 17.3 Å². The van der Waals surface area contributed by atoms with Gasteiger partial charge in [-0.2, -0.15) is 12.6 Å². The molecule has 2 aromatic rings. The van der Waals surface area contributed by atoms with Crippen LogP contribution in [0.25, 0.3) is 10.9 Å². The van der Waals surface area contributed by atoms with Crippen molar-refractivity contribution in [3.63, 3.8) is 0 Å². The van der Waals surface area contributed by atoms with E-state index in [-0.39, 0.29) is 0 Å². The smallest absolute Gasteiger partial charge is 0.129 e.